The molecule has 2 aromatic rings. The van der Waals surface area contributed by atoms with Crippen LogP contribution in [0.25, 0.3) is 0 Å². The molecule has 0 aliphatic heterocycles. The van der Waals surface area contributed by atoms with Crippen molar-refractivity contribution in [2.24, 2.45) is 0 Å². The number of hydrogen-bond acceptors (Lipinski definition) is 4. The highest BCUT2D eigenvalue weighted by Crippen LogP contribution is 2.05. The molecule has 2 N–H and O–H groups in total. The van der Waals surface area contributed by atoms with Gasteiger partial charge in [0.2, 0.25) is 0 Å². The van der Waals surface area contributed by atoms with E-state index in [-0.39, 0.29) is 17.6 Å². The maximum atomic E-state index is 12.9. The van der Waals surface area contributed by atoms with Gasteiger partial charge in [-0.2, -0.15) is 0 Å². The van der Waals surface area contributed by atoms with Crippen LogP contribution in [-0.4, -0.2) is 55.4 Å². The molecule has 1 aromatic heterocycles. The van der Waals surface area contributed by atoms with E-state index in [4.69, 9.17) is 0 Å². The second-order valence-electron chi connectivity index (χ2n) is 6.51. The average molecular weight is 372 g/mol. The summed E-state index contributed by atoms with van der Waals surface area (Å²) in [5.41, 5.74) is 1.61. The quantitative estimate of drug-likeness (QED) is 0.659. The van der Waals surface area contributed by atoms with Crippen LogP contribution in [0, 0.1) is 5.82 Å². The van der Waals surface area contributed by atoms with E-state index in [9.17, 15) is 14.0 Å². The number of aromatic nitrogens is 1. The molecule has 144 valence electrons. The lowest BCUT2D eigenvalue weighted by molar-refractivity contribution is 0.0952. The van der Waals surface area contributed by atoms with Gasteiger partial charge in [-0.15, -0.1) is 0 Å². The Hall–Kier alpha value is -2.80. The Balaban J connectivity index is 1.83. The number of carbonyl (C=O) groups excluding carboxylic acids is 2. The van der Waals surface area contributed by atoms with Crippen molar-refractivity contribution in [2.45, 2.75) is 12.8 Å². The van der Waals surface area contributed by atoms with E-state index >= 15 is 0 Å². The molecule has 0 spiro atoms. The number of rotatable bonds is 9. The van der Waals surface area contributed by atoms with Crippen molar-refractivity contribution < 1.29 is 14.0 Å². The van der Waals surface area contributed by atoms with Gasteiger partial charge < -0.3 is 15.5 Å². The molecule has 0 radical (unpaired) electrons. The highest BCUT2D eigenvalue weighted by molar-refractivity contribution is 5.99. The Morgan fingerprint density at radius 2 is 1.59 bits per heavy atom. The van der Waals surface area contributed by atoms with E-state index in [0.29, 0.717) is 30.6 Å². The highest BCUT2D eigenvalue weighted by Gasteiger charge is 2.11. The first kappa shape index (κ1) is 20.5. The molecule has 0 fully saturated rings. The van der Waals surface area contributed by atoms with Crippen molar-refractivity contribution in [2.75, 3.05) is 33.7 Å². The Kier molecular flexibility index (Phi) is 7.88. The third-order valence-electron chi connectivity index (χ3n) is 3.94. The lowest BCUT2D eigenvalue weighted by Crippen LogP contribution is -2.28. The van der Waals surface area contributed by atoms with E-state index in [1.807, 2.05) is 19.0 Å². The van der Waals surface area contributed by atoms with E-state index in [1.54, 1.807) is 12.1 Å². The predicted molar refractivity (Wildman–Crippen MR) is 102 cm³/mol. The van der Waals surface area contributed by atoms with E-state index in [1.165, 1.54) is 30.6 Å². The molecular formula is C20H25FN4O2. The van der Waals surface area contributed by atoms with Crippen LogP contribution < -0.4 is 10.6 Å². The van der Waals surface area contributed by atoms with Gasteiger partial charge in [0, 0.05) is 25.5 Å². The molecular weight excluding hydrogens is 347 g/mol. The third-order valence-corrected chi connectivity index (χ3v) is 3.94. The summed E-state index contributed by atoms with van der Waals surface area (Å²) in [6.07, 6.45) is 4.30. The van der Waals surface area contributed by atoms with Gasteiger partial charge in [0.25, 0.3) is 11.8 Å². The molecule has 0 aliphatic rings. The number of carbonyl (C=O) groups is 2. The van der Waals surface area contributed by atoms with Crippen LogP contribution in [0.15, 0.2) is 42.7 Å². The molecule has 0 atom stereocenters. The predicted octanol–water partition coefficient (Wildman–Crippen LogP) is 1.87. The van der Waals surface area contributed by atoms with Crippen LogP contribution in [0.3, 0.4) is 0 Å². The van der Waals surface area contributed by atoms with Crippen LogP contribution in [0.4, 0.5) is 4.39 Å². The van der Waals surface area contributed by atoms with Gasteiger partial charge in [-0.1, -0.05) is 12.1 Å². The summed E-state index contributed by atoms with van der Waals surface area (Å²) < 4.78 is 12.9. The molecule has 0 saturated heterocycles. The lowest BCUT2D eigenvalue weighted by atomic mass is 10.1. The number of hydrogen-bond donors (Lipinski definition) is 2. The highest BCUT2D eigenvalue weighted by atomic mass is 19.1. The molecule has 6 nitrogen and oxygen atoms in total. The van der Waals surface area contributed by atoms with Crippen molar-refractivity contribution >= 4 is 11.8 Å². The van der Waals surface area contributed by atoms with Gasteiger partial charge in [0.1, 0.15) is 5.82 Å². The monoisotopic (exact) mass is 372 g/mol. The molecule has 2 rings (SSSR count). The van der Waals surface area contributed by atoms with E-state index < -0.39 is 0 Å². The third kappa shape index (κ3) is 7.15. The lowest BCUT2D eigenvalue weighted by Gasteiger charge is -2.10. The number of benzene rings is 1. The first-order valence-corrected chi connectivity index (χ1v) is 8.86. The van der Waals surface area contributed by atoms with Gasteiger partial charge in [0.05, 0.1) is 11.1 Å². The first-order chi connectivity index (χ1) is 13.0. The van der Waals surface area contributed by atoms with Crippen molar-refractivity contribution in [1.82, 2.24) is 20.5 Å². The second-order valence-corrected chi connectivity index (χ2v) is 6.51. The smallest absolute Gasteiger partial charge is 0.252 e. The summed E-state index contributed by atoms with van der Waals surface area (Å²) in [4.78, 5) is 30.4. The average Bonchev–Trinajstić information content (AvgIpc) is 2.66. The number of pyridine rings is 1. The Labute approximate surface area is 158 Å². The molecule has 1 heterocycles. The zero-order valence-corrected chi connectivity index (χ0v) is 15.7. The Bertz CT molecular complexity index is 763. The van der Waals surface area contributed by atoms with Gasteiger partial charge in [-0.25, -0.2) is 4.39 Å². The second kappa shape index (κ2) is 10.4. The number of amides is 2. The van der Waals surface area contributed by atoms with Crippen LogP contribution >= 0.6 is 0 Å². The fourth-order valence-electron chi connectivity index (χ4n) is 2.46. The van der Waals surface area contributed by atoms with Gasteiger partial charge >= 0.3 is 0 Å². The summed E-state index contributed by atoms with van der Waals surface area (Å²) in [6.45, 7) is 1.85. The molecule has 0 bridgehead atoms. The SMILES string of the molecule is CN(C)CCCNC(=O)c1cncc(C(=O)NCCc2ccc(F)cc2)c1. The van der Waals surface area contributed by atoms with Crippen molar-refractivity contribution in [3.63, 3.8) is 0 Å². The zero-order valence-electron chi connectivity index (χ0n) is 15.7. The van der Waals surface area contributed by atoms with Gasteiger partial charge in [0.15, 0.2) is 0 Å². The molecule has 7 heteroatoms. The summed E-state index contributed by atoms with van der Waals surface area (Å²) >= 11 is 0. The van der Waals surface area contributed by atoms with Crippen molar-refractivity contribution in [1.29, 1.82) is 0 Å². The largest absolute Gasteiger partial charge is 0.352 e. The molecule has 0 unspecified atom stereocenters. The summed E-state index contributed by atoms with van der Waals surface area (Å²) in [5.74, 6) is -0.834. The van der Waals surface area contributed by atoms with Crippen molar-refractivity contribution in [3.05, 3.63) is 65.2 Å². The minimum Gasteiger partial charge on any atom is -0.352 e. The molecule has 27 heavy (non-hydrogen) atoms. The fraction of sp³-hybridized carbons (Fsp3) is 0.350. The fourth-order valence-corrected chi connectivity index (χ4v) is 2.46. The molecule has 2 amide bonds. The Morgan fingerprint density at radius 3 is 2.19 bits per heavy atom. The summed E-state index contributed by atoms with van der Waals surface area (Å²) in [6, 6.07) is 7.68. The standard InChI is InChI=1S/C20H25FN4O2/c1-25(2)11-3-9-23-19(26)16-12-17(14-22-13-16)20(27)24-10-8-15-4-6-18(21)7-5-15/h4-7,12-14H,3,8-11H2,1-2H3,(H,23,26)(H,24,27). The topological polar surface area (TPSA) is 74.3 Å². The van der Waals surface area contributed by atoms with Crippen LogP contribution in [0.1, 0.15) is 32.7 Å². The molecule has 1 aromatic carbocycles. The minimum absolute atomic E-state index is 0.248. The van der Waals surface area contributed by atoms with E-state index in [2.05, 4.69) is 15.6 Å². The number of nitrogens with one attached hydrogen (secondary N) is 2. The molecule has 0 aliphatic carbocycles. The van der Waals surface area contributed by atoms with Crippen LogP contribution in [0.2, 0.25) is 0 Å². The summed E-state index contributed by atoms with van der Waals surface area (Å²) in [7, 11) is 3.95. The van der Waals surface area contributed by atoms with Crippen LogP contribution in [0.5, 0.6) is 0 Å². The maximum Gasteiger partial charge on any atom is 0.252 e. The summed E-state index contributed by atoms with van der Waals surface area (Å²) in [5, 5.41) is 5.60. The normalized spacial score (nSPS) is 10.7. The first-order valence-electron chi connectivity index (χ1n) is 8.86. The number of halogens is 1. The number of nitrogens with zero attached hydrogens (tertiary/aromatic N) is 2. The van der Waals surface area contributed by atoms with Crippen LogP contribution in [-0.2, 0) is 6.42 Å². The maximum absolute atomic E-state index is 12.9. The van der Waals surface area contributed by atoms with E-state index in [0.717, 1.165) is 18.5 Å². The molecule has 0 saturated carbocycles. The van der Waals surface area contributed by atoms with Gasteiger partial charge in [-0.05, 0) is 57.2 Å². The zero-order chi connectivity index (χ0) is 19.6. The Morgan fingerprint density at radius 1 is 1.00 bits per heavy atom. The van der Waals surface area contributed by atoms with Crippen molar-refractivity contribution in [3.8, 4) is 0 Å². The van der Waals surface area contributed by atoms with Gasteiger partial charge in [-0.3, -0.25) is 14.6 Å². The minimum atomic E-state index is -0.299.